The van der Waals surface area contributed by atoms with Gasteiger partial charge in [-0.05, 0) is 36.6 Å². The molecule has 1 N–H and O–H groups in total. The highest BCUT2D eigenvalue weighted by Crippen LogP contribution is 2.24. The Labute approximate surface area is 121 Å². The molecule has 0 fully saturated rings. The van der Waals surface area contributed by atoms with Crippen LogP contribution in [0.25, 0.3) is 0 Å². The normalized spacial score (nSPS) is 10.0. The first-order chi connectivity index (χ1) is 9.65. The fraction of sp³-hybridized carbons (Fsp3) is 0.200. The van der Waals surface area contributed by atoms with Gasteiger partial charge >= 0.3 is 5.97 Å². The van der Waals surface area contributed by atoms with Gasteiger partial charge in [-0.15, -0.1) is 11.3 Å². The van der Waals surface area contributed by atoms with E-state index in [9.17, 15) is 10.1 Å². The summed E-state index contributed by atoms with van der Waals surface area (Å²) in [5.41, 5.74) is 1.30. The summed E-state index contributed by atoms with van der Waals surface area (Å²) in [6.45, 7) is 3.48. The number of benzene rings is 1. The van der Waals surface area contributed by atoms with E-state index in [0.717, 1.165) is 18.8 Å². The summed E-state index contributed by atoms with van der Waals surface area (Å²) in [6.07, 6.45) is 0. The fourth-order valence-electron chi connectivity index (χ4n) is 1.99. The summed E-state index contributed by atoms with van der Waals surface area (Å²) in [7, 11) is 0. The molecule has 1 aromatic heterocycles. The van der Waals surface area contributed by atoms with Crippen molar-refractivity contribution in [3.8, 4) is 6.07 Å². The molecule has 4 nitrogen and oxygen atoms in total. The molecule has 5 heteroatoms. The summed E-state index contributed by atoms with van der Waals surface area (Å²) >= 11 is 1.66. The second kappa shape index (κ2) is 6.22. The average molecular weight is 286 g/mol. The number of carbonyl (C=O) groups is 1. The Balaban J connectivity index is 2.34. The van der Waals surface area contributed by atoms with Crippen molar-refractivity contribution in [1.82, 2.24) is 0 Å². The quantitative estimate of drug-likeness (QED) is 0.915. The molecule has 2 rings (SSSR count). The topological polar surface area (TPSA) is 64.3 Å². The second-order valence-corrected chi connectivity index (χ2v) is 5.27. The minimum Gasteiger partial charge on any atom is -0.478 e. The van der Waals surface area contributed by atoms with Gasteiger partial charge in [-0.3, -0.25) is 0 Å². The molecule has 0 unspecified atom stereocenters. The van der Waals surface area contributed by atoms with Gasteiger partial charge in [-0.25, -0.2) is 4.79 Å². The van der Waals surface area contributed by atoms with Crippen LogP contribution in [0, 0.1) is 11.3 Å². The molecule has 0 aliphatic carbocycles. The number of aromatic carboxylic acids is 1. The Morgan fingerprint density at radius 3 is 2.80 bits per heavy atom. The summed E-state index contributed by atoms with van der Waals surface area (Å²) in [5.74, 6) is -1.02. The first-order valence-corrected chi connectivity index (χ1v) is 7.08. The molecule has 0 amide bonds. The van der Waals surface area contributed by atoms with Gasteiger partial charge in [0.2, 0.25) is 0 Å². The summed E-state index contributed by atoms with van der Waals surface area (Å²) < 4.78 is 0. The molecule has 1 aromatic carbocycles. The molecular formula is C15H14N2O2S. The van der Waals surface area contributed by atoms with Gasteiger partial charge in [0.15, 0.2) is 0 Å². The van der Waals surface area contributed by atoms with Gasteiger partial charge in [0, 0.05) is 11.4 Å². The third-order valence-corrected chi connectivity index (χ3v) is 3.87. The van der Waals surface area contributed by atoms with E-state index in [1.165, 1.54) is 17.0 Å². The van der Waals surface area contributed by atoms with Crippen molar-refractivity contribution in [3.05, 3.63) is 51.7 Å². The van der Waals surface area contributed by atoms with Crippen LogP contribution < -0.4 is 4.90 Å². The second-order valence-electron chi connectivity index (χ2n) is 4.24. The van der Waals surface area contributed by atoms with E-state index in [2.05, 4.69) is 11.0 Å². The molecule has 0 aliphatic rings. The molecule has 0 atom stereocenters. The third-order valence-electron chi connectivity index (χ3n) is 3.01. The van der Waals surface area contributed by atoms with Crippen LogP contribution >= 0.6 is 11.3 Å². The van der Waals surface area contributed by atoms with Crippen LogP contribution in [0.1, 0.15) is 27.7 Å². The summed E-state index contributed by atoms with van der Waals surface area (Å²) in [4.78, 5) is 14.2. The summed E-state index contributed by atoms with van der Waals surface area (Å²) in [5, 5.41) is 20.2. The number of anilines is 1. The van der Waals surface area contributed by atoms with Gasteiger partial charge in [0.1, 0.15) is 6.07 Å². The van der Waals surface area contributed by atoms with Crippen LogP contribution in [0.15, 0.2) is 35.7 Å². The van der Waals surface area contributed by atoms with Crippen molar-refractivity contribution in [2.75, 3.05) is 11.4 Å². The van der Waals surface area contributed by atoms with E-state index < -0.39 is 5.97 Å². The molecular weight excluding hydrogens is 272 g/mol. The molecule has 0 radical (unpaired) electrons. The lowest BCUT2D eigenvalue weighted by molar-refractivity contribution is 0.0697. The zero-order valence-corrected chi connectivity index (χ0v) is 11.9. The predicted molar refractivity (Wildman–Crippen MR) is 79.2 cm³/mol. The molecule has 0 saturated carbocycles. The molecule has 0 aliphatic heterocycles. The van der Waals surface area contributed by atoms with E-state index >= 15 is 0 Å². The molecule has 0 spiro atoms. The molecule has 2 aromatic rings. The molecule has 0 saturated heterocycles. The van der Waals surface area contributed by atoms with E-state index in [-0.39, 0.29) is 5.56 Å². The number of carboxylic acids is 1. The zero-order chi connectivity index (χ0) is 14.5. The summed E-state index contributed by atoms with van der Waals surface area (Å²) in [6, 6.07) is 10.8. The van der Waals surface area contributed by atoms with Crippen LogP contribution in [0.2, 0.25) is 0 Å². The molecule has 102 valence electrons. The Bertz CT molecular complexity index is 644. The highest BCUT2D eigenvalue weighted by atomic mass is 32.1. The standard InChI is InChI=1S/C15H14N2O2S/c1-2-17(10-13-4-3-7-20-13)14-6-5-11(15(18)19)8-12(14)9-16/h3-8H,2,10H2,1H3,(H,18,19). The highest BCUT2D eigenvalue weighted by Gasteiger charge is 2.13. The number of hydrogen-bond acceptors (Lipinski definition) is 4. The van der Waals surface area contributed by atoms with Crippen LogP contribution in [-0.4, -0.2) is 17.6 Å². The predicted octanol–water partition coefficient (Wildman–Crippen LogP) is 3.34. The maximum Gasteiger partial charge on any atom is 0.335 e. The van der Waals surface area contributed by atoms with Gasteiger partial charge in [-0.2, -0.15) is 5.26 Å². The Kier molecular flexibility index (Phi) is 4.38. The SMILES string of the molecule is CCN(Cc1cccs1)c1ccc(C(=O)O)cc1C#N. The maximum atomic E-state index is 11.0. The first-order valence-electron chi connectivity index (χ1n) is 6.20. The lowest BCUT2D eigenvalue weighted by Gasteiger charge is -2.23. The molecule has 0 bridgehead atoms. The molecule has 1 heterocycles. The Morgan fingerprint density at radius 1 is 1.45 bits per heavy atom. The van der Waals surface area contributed by atoms with Crippen LogP contribution in [-0.2, 0) is 6.54 Å². The van der Waals surface area contributed by atoms with Gasteiger partial charge < -0.3 is 10.0 Å². The van der Waals surface area contributed by atoms with Crippen molar-refractivity contribution in [2.24, 2.45) is 0 Å². The van der Waals surface area contributed by atoms with Crippen molar-refractivity contribution in [1.29, 1.82) is 5.26 Å². The van der Waals surface area contributed by atoms with Gasteiger partial charge in [-0.1, -0.05) is 6.07 Å². The Hall–Kier alpha value is -2.32. The number of carboxylic acid groups (broad SMARTS) is 1. The average Bonchev–Trinajstić information content (AvgIpc) is 2.97. The fourth-order valence-corrected chi connectivity index (χ4v) is 2.71. The van der Waals surface area contributed by atoms with Crippen molar-refractivity contribution in [2.45, 2.75) is 13.5 Å². The maximum absolute atomic E-state index is 11.0. The number of thiophene rings is 1. The number of hydrogen-bond donors (Lipinski definition) is 1. The van der Waals surface area contributed by atoms with Crippen molar-refractivity contribution < 1.29 is 9.90 Å². The smallest absolute Gasteiger partial charge is 0.335 e. The Morgan fingerprint density at radius 2 is 2.25 bits per heavy atom. The molecule has 20 heavy (non-hydrogen) atoms. The number of rotatable bonds is 5. The van der Waals surface area contributed by atoms with Gasteiger partial charge in [0.05, 0.1) is 23.4 Å². The minimum atomic E-state index is -1.02. The van der Waals surface area contributed by atoms with Gasteiger partial charge in [0.25, 0.3) is 0 Å². The van der Waals surface area contributed by atoms with Crippen molar-refractivity contribution >= 4 is 23.0 Å². The third kappa shape index (κ3) is 2.98. The number of nitriles is 1. The van der Waals surface area contributed by atoms with Crippen LogP contribution in [0.5, 0.6) is 0 Å². The monoisotopic (exact) mass is 286 g/mol. The van der Waals surface area contributed by atoms with E-state index in [4.69, 9.17) is 5.11 Å². The lowest BCUT2D eigenvalue weighted by atomic mass is 10.1. The largest absolute Gasteiger partial charge is 0.478 e. The zero-order valence-electron chi connectivity index (χ0n) is 11.0. The van der Waals surface area contributed by atoms with E-state index in [1.807, 2.05) is 24.4 Å². The van der Waals surface area contributed by atoms with Crippen molar-refractivity contribution in [3.63, 3.8) is 0 Å². The number of nitrogens with zero attached hydrogens (tertiary/aromatic N) is 2. The highest BCUT2D eigenvalue weighted by molar-refractivity contribution is 7.09. The van der Waals surface area contributed by atoms with Crippen LogP contribution in [0.3, 0.4) is 0 Å². The minimum absolute atomic E-state index is 0.137. The van der Waals surface area contributed by atoms with Crippen LogP contribution in [0.4, 0.5) is 5.69 Å². The van der Waals surface area contributed by atoms with E-state index in [1.54, 1.807) is 17.4 Å². The van der Waals surface area contributed by atoms with E-state index in [0.29, 0.717) is 5.56 Å². The first kappa shape index (κ1) is 14.1. The lowest BCUT2D eigenvalue weighted by Crippen LogP contribution is -2.22.